The van der Waals surface area contributed by atoms with E-state index in [9.17, 15) is 0 Å². The van der Waals surface area contributed by atoms with Crippen LogP contribution in [0.15, 0.2) is 36.9 Å². The molecule has 1 N–H and O–H groups in total. The SMILES string of the molecule is CCCCCCNC(=S)N(CCCn1ccnc1)Cc1ccc(OC)cc1OC. The number of hydrogen-bond donors (Lipinski definition) is 1. The Morgan fingerprint density at radius 1 is 1.17 bits per heavy atom. The zero-order chi connectivity index (χ0) is 20.9. The van der Waals surface area contributed by atoms with Crippen LogP contribution in [0.25, 0.3) is 0 Å². The molecule has 0 saturated heterocycles. The van der Waals surface area contributed by atoms with Crippen molar-refractivity contribution in [2.75, 3.05) is 27.3 Å². The van der Waals surface area contributed by atoms with Gasteiger partial charge in [0.1, 0.15) is 11.5 Å². The van der Waals surface area contributed by atoms with Crippen LogP contribution in [-0.2, 0) is 13.1 Å². The first-order chi connectivity index (χ1) is 14.2. The quantitative estimate of drug-likeness (QED) is 0.388. The smallest absolute Gasteiger partial charge is 0.169 e. The van der Waals surface area contributed by atoms with E-state index in [4.69, 9.17) is 21.7 Å². The molecule has 2 aromatic rings. The summed E-state index contributed by atoms with van der Waals surface area (Å²) < 4.78 is 13.0. The molecule has 0 radical (unpaired) electrons. The van der Waals surface area contributed by atoms with Crippen molar-refractivity contribution in [1.82, 2.24) is 19.8 Å². The molecular weight excluding hydrogens is 384 g/mol. The van der Waals surface area contributed by atoms with Gasteiger partial charge in [-0.15, -0.1) is 0 Å². The van der Waals surface area contributed by atoms with E-state index in [1.807, 2.05) is 36.9 Å². The van der Waals surface area contributed by atoms with Gasteiger partial charge in [0.2, 0.25) is 0 Å². The number of benzene rings is 1. The molecule has 0 spiro atoms. The summed E-state index contributed by atoms with van der Waals surface area (Å²) in [5.41, 5.74) is 1.09. The number of ether oxygens (including phenoxy) is 2. The average Bonchev–Trinajstić information content (AvgIpc) is 3.26. The number of methoxy groups -OCH3 is 2. The van der Waals surface area contributed by atoms with Gasteiger partial charge >= 0.3 is 0 Å². The van der Waals surface area contributed by atoms with Gasteiger partial charge in [0.15, 0.2) is 5.11 Å². The fourth-order valence-corrected chi connectivity index (χ4v) is 3.42. The highest BCUT2D eigenvalue weighted by Gasteiger charge is 2.14. The lowest BCUT2D eigenvalue weighted by atomic mass is 10.1. The summed E-state index contributed by atoms with van der Waals surface area (Å²) in [6.45, 7) is 5.60. The molecule has 7 heteroatoms. The Balaban J connectivity index is 1.99. The third-order valence-electron chi connectivity index (χ3n) is 4.85. The van der Waals surface area contributed by atoms with Gasteiger partial charge in [0.25, 0.3) is 0 Å². The molecule has 0 fully saturated rings. The van der Waals surface area contributed by atoms with E-state index < -0.39 is 0 Å². The fourth-order valence-electron chi connectivity index (χ4n) is 3.16. The van der Waals surface area contributed by atoms with E-state index in [0.717, 1.165) is 54.7 Å². The van der Waals surface area contributed by atoms with Gasteiger partial charge in [0.05, 0.1) is 20.5 Å². The van der Waals surface area contributed by atoms with Crippen molar-refractivity contribution >= 4 is 17.3 Å². The number of nitrogens with one attached hydrogen (secondary N) is 1. The van der Waals surface area contributed by atoms with Crippen LogP contribution in [0.3, 0.4) is 0 Å². The van der Waals surface area contributed by atoms with Crippen LogP contribution in [0.4, 0.5) is 0 Å². The average molecular weight is 419 g/mol. The van der Waals surface area contributed by atoms with Crippen LogP contribution in [0.2, 0.25) is 0 Å². The van der Waals surface area contributed by atoms with Gasteiger partial charge in [-0.25, -0.2) is 4.98 Å². The highest BCUT2D eigenvalue weighted by molar-refractivity contribution is 7.80. The molecule has 0 amide bonds. The number of aryl methyl sites for hydroxylation is 1. The maximum absolute atomic E-state index is 5.72. The summed E-state index contributed by atoms with van der Waals surface area (Å²) in [6, 6.07) is 5.92. The second-order valence-electron chi connectivity index (χ2n) is 7.05. The minimum atomic E-state index is 0.692. The maximum atomic E-state index is 5.72. The number of unbranched alkanes of at least 4 members (excludes halogenated alkanes) is 3. The van der Waals surface area contributed by atoms with E-state index in [1.165, 1.54) is 19.3 Å². The zero-order valence-corrected chi connectivity index (χ0v) is 18.7. The standard InChI is InChI=1S/C22H34N4O2S/c1-4-5-6-7-11-24-22(29)26(14-8-13-25-15-12-23-18-25)17-19-9-10-20(27-2)16-21(19)28-3/h9-10,12,15-16,18H,4-8,11,13-14,17H2,1-3H3,(H,24,29). The first-order valence-electron chi connectivity index (χ1n) is 10.4. The van der Waals surface area contributed by atoms with E-state index >= 15 is 0 Å². The molecule has 6 nitrogen and oxygen atoms in total. The minimum absolute atomic E-state index is 0.692. The number of nitrogens with zero attached hydrogens (tertiary/aromatic N) is 3. The molecular formula is C22H34N4O2S. The highest BCUT2D eigenvalue weighted by atomic mass is 32.1. The first kappa shape index (κ1) is 23.0. The van der Waals surface area contributed by atoms with Crippen LogP contribution >= 0.6 is 12.2 Å². The van der Waals surface area contributed by atoms with E-state index in [0.29, 0.717) is 6.54 Å². The lowest BCUT2D eigenvalue weighted by molar-refractivity contribution is 0.360. The monoisotopic (exact) mass is 418 g/mol. The Morgan fingerprint density at radius 3 is 2.72 bits per heavy atom. The van der Waals surface area contributed by atoms with Crippen LogP contribution in [0.5, 0.6) is 11.5 Å². The summed E-state index contributed by atoms with van der Waals surface area (Å²) in [5, 5.41) is 4.23. The van der Waals surface area contributed by atoms with Crippen molar-refractivity contribution in [1.29, 1.82) is 0 Å². The predicted molar refractivity (Wildman–Crippen MR) is 122 cm³/mol. The third-order valence-corrected chi connectivity index (χ3v) is 5.26. The van der Waals surface area contributed by atoms with Crippen LogP contribution in [0.1, 0.15) is 44.6 Å². The molecule has 0 aliphatic rings. The number of aromatic nitrogens is 2. The maximum Gasteiger partial charge on any atom is 0.169 e. The molecule has 0 saturated carbocycles. The number of hydrogen-bond acceptors (Lipinski definition) is 4. The fraction of sp³-hybridized carbons (Fsp3) is 0.545. The number of imidazole rings is 1. The van der Waals surface area contributed by atoms with Gasteiger partial charge in [-0.3, -0.25) is 0 Å². The van der Waals surface area contributed by atoms with Crippen LogP contribution in [0, 0.1) is 0 Å². The lowest BCUT2D eigenvalue weighted by Gasteiger charge is -2.27. The summed E-state index contributed by atoms with van der Waals surface area (Å²) in [4.78, 5) is 6.33. The molecule has 29 heavy (non-hydrogen) atoms. The molecule has 2 rings (SSSR count). The van der Waals surface area contributed by atoms with Gasteiger partial charge in [0, 0.05) is 50.2 Å². The molecule has 1 heterocycles. The van der Waals surface area contributed by atoms with E-state index in [2.05, 4.69) is 26.7 Å². The second-order valence-corrected chi connectivity index (χ2v) is 7.43. The molecule has 0 atom stereocenters. The minimum Gasteiger partial charge on any atom is -0.497 e. The summed E-state index contributed by atoms with van der Waals surface area (Å²) >= 11 is 5.72. The zero-order valence-electron chi connectivity index (χ0n) is 17.9. The molecule has 0 aliphatic carbocycles. The predicted octanol–water partition coefficient (Wildman–Crippen LogP) is 4.25. The van der Waals surface area contributed by atoms with Crippen molar-refractivity contribution in [3.63, 3.8) is 0 Å². The molecule has 1 aromatic carbocycles. The van der Waals surface area contributed by atoms with E-state index in [-0.39, 0.29) is 0 Å². The molecule has 0 unspecified atom stereocenters. The molecule has 1 aromatic heterocycles. The van der Waals surface area contributed by atoms with Crippen molar-refractivity contribution in [2.45, 2.75) is 52.1 Å². The first-order valence-corrected chi connectivity index (χ1v) is 10.8. The number of thiocarbonyl (C=S) groups is 1. The van der Waals surface area contributed by atoms with Crippen molar-refractivity contribution in [3.05, 3.63) is 42.5 Å². The van der Waals surface area contributed by atoms with Crippen molar-refractivity contribution in [2.24, 2.45) is 0 Å². The van der Waals surface area contributed by atoms with Gasteiger partial charge in [-0.1, -0.05) is 26.2 Å². The van der Waals surface area contributed by atoms with Gasteiger partial charge in [-0.05, 0) is 37.2 Å². The van der Waals surface area contributed by atoms with Crippen LogP contribution in [-0.4, -0.2) is 46.9 Å². The van der Waals surface area contributed by atoms with Crippen molar-refractivity contribution in [3.8, 4) is 11.5 Å². The highest BCUT2D eigenvalue weighted by Crippen LogP contribution is 2.26. The Morgan fingerprint density at radius 2 is 2.03 bits per heavy atom. The molecule has 0 aliphatic heterocycles. The topological polar surface area (TPSA) is 51.6 Å². The van der Waals surface area contributed by atoms with E-state index in [1.54, 1.807) is 14.2 Å². The Kier molecular flexibility index (Phi) is 10.3. The molecule has 160 valence electrons. The summed E-state index contributed by atoms with van der Waals surface area (Å²) in [7, 11) is 3.35. The summed E-state index contributed by atoms with van der Waals surface area (Å²) in [6.07, 6.45) is 11.5. The van der Waals surface area contributed by atoms with Gasteiger partial charge < -0.3 is 24.3 Å². The summed E-state index contributed by atoms with van der Waals surface area (Å²) in [5.74, 6) is 1.60. The van der Waals surface area contributed by atoms with Crippen molar-refractivity contribution < 1.29 is 9.47 Å². The Hall–Kier alpha value is -2.28. The van der Waals surface area contributed by atoms with Gasteiger partial charge in [-0.2, -0.15) is 0 Å². The third kappa shape index (κ3) is 7.93. The number of rotatable bonds is 13. The second kappa shape index (κ2) is 13.0. The largest absolute Gasteiger partial charge is 0.497 e. The normalized spacial score (nSPS) is 10.6. The lowest BCUT2D eigenvalue weighted by Crippen LogP contribution is -2.40. The van der Waals surface area contributed by atoms with Crippen LogP contribution < -0.4 is 14.8 Å². The molecule has 0 bridgehead atoms. The Labute approximate surface area is 180 Å². The Bertz CT molecular complexity index is 722.